The van der Waals surface area contributed by atoms with Crippen molar-refractivity contribution >= 4 is 0 Å². The molecule has 1 aliphatic rings. The van der Waals surface area contributed by atoms with Crippen LogP contribution in [-0.4, -0.2) is 6.54 Å². The van der Waals surface area contributed by atoms with Crippen molar-refractivity contribution in [2.24, 2.45) is 11.8 Å². The molecule has 0 spiro atoms. The van der Waals surface area contributed by atoms with Crippen molar-refractivity contribution in [3.8, 4) is 0 Å². The Morgan fingerprint density at radius 1 is 1.60 bits per heavy atom. The second-order valence-corrected chi connectivity index (χ2v) is 3.34. The zero-order chi connectivity index (χ0) is 7.40. The quantitative estimate of drug-likeness (QED) is 0.414. The first-order valence-electron chi connectivity index (χ1n) is 4.18. The summed E-state index contributed by atoms with van der Waals surface area (Å²) in [6, 6.07) is 0. The van der Waals surface area contributed by atoms with Crippen LogP contribution in [-0.2, 0) is 0 Å². The average molecular weight is 137 g/mol. The van der Waals surface area contributed by atoms with Crippen LogP contribution >= 0.6 is 0 Å². The minimum absolute atomic E-state index is 0.733. The topological polar surface area (TPSA) is 4.36 Å². The van der Waals surface area contributed by atoms with Gasteiger partial charge in [0.15, 0.2) is 0 Å². The zero-order valence-corrected chi connectivity index (χ0v) is 6.64. The predicted octanol–water partition coefficient (Wildman–Crippen LogP) is 2.73. The van der Waals surface area contributed by atoms with Gasteiger partial charge in [0, 0.05) is 6.42 Å². The highest BCUT2D eigenvalue weighted by atomic mass is 14.6. The van der Waals surface area contributed by atoms with Gasteiger partial charge in [0.25, 0.3) is 0 Å². The van der Waals surface area contributed by atoms with Crippen molar-refractivity contribution in [2.75, 3.05) is 6.54 Å². The Kier molecular flexibility index (Phi) is 2.74. The molecule has 0 aliphatic heterocycles. The molecule has 0 amide bonds. The summed E-state index contributed by atoms with van der Waals surface area (Å²) < 4.78 is 0. The average Bonchev–Trinajstić information content (AvgIpc) is 2.69. The molecule has 0 saturated heterocycles. The first-order valence-corrected chi connectivity index (χ1v) is 4.18. The van der Waals surface area contributed by atoms with Gasteiger partial charge in [0.05, 0.1) is 0 Å². The van der Waals surface area contributed by atoms with Gasteiger partial charge in [0.1, 0.15) is 0 Å². The molecule has 10 heavy (non-hydrogen) atoms. The Bertz CT molecular complexity index is 130. The third-order valence-corrected chi connectivity index (χ3v) is 2.36. The third kappa shape index (κ3) is 2.39. The number of nitrogens with zero attached hydrogens (tertiary/aromatic N) is 1. The molecular formula is C9H15N. The van der Waals surface area contributed by atoms with Gasteiger partial charge in [-0.1, -0.05) is 6.92 Å². The van der Waals surface area contributed by atoms with Gasteiger partial charge in [-0.2, -0.15) is 0 Å². The van der Waals surface area contributed by atoms with Crippen LogP contribution in [0.2, 0.25) is 0 Å². The van der Waals surface area contributed by atoms with Crippen molar-refractivity contribution in [1.29, 1.82) is 0 Å². The van der Waals surface area contributed by atoms with E-state index in [9.17, 15) is 0 Å². The van der Waals surface area contributed by atoms with Crippen LogP contribution in [0.15, 0.2) is 0 Å². The minimum atomic E-state index is 0.733. The van der Waals surface area contributed by atoms with Crippen molar-refractivity contribution < 1.29 is 0 Å². The molecule has 1 fully saturated rings. The van der Waals surface area contributed by atoms with Crippen LogP contribution < -0.4 is 0 Å². The first kappa shape index (κ1) is 7.60. The Morgan fingerprint density at radius 3 is 2.80 bits per heavy atom. The fraction of sp³-hybridized carbons (Fsp3) is 0.889. The number of rotatable bonds is 4. The van der Waals surface area contributed by atoms with Crippen molar-refractivity contribution in [3.63, 3.8) is 0 Å². The molecule has 0 heterocycles. The summed E-state index contributed by atoms with van der Waals surface area (Å²) in [6.07, 6.45) is 5.27. The van der Waals surface area contributed by atoms with E-state index in [-0.39, 0.29) is 0 Å². The second kappa shape index (κ2) is 3.61. The summed E-state index contributed by atoms with van der Waals surface area (Å²) >= 11 is 0. The summed E-state index contributed by atoms with van der Waals surface area (Å²) in [5.74, 6) is 1.91. The maximum Gasteiger partial charge on any atom is 0.214 e. The standard InChI is InChI=1S/C9H15N/c1-8(9-5-6-9)4-3-7-10-2/h8-9H,3-7H2,1H3. The van der Waals surface area contributed by atoms with Gasteiger partial charge in [-0.25, -0.2) is 6.57 Å². The monoisotopic (exact) mass is 137 g/mol. The molecule has 1 heteroatoms. The van der Waals surface area contributed by atoms with E-state index in [1.807, 2.05) is 0 Å². The number of hydrogen-bond acceptors (Lipinski definition) is 0. The summed E-state index contributed by atoms with van der Waals surface area (Å²) in [4.78, 5) is 3.34. The van der Waals surface area contributed by atoms with Crippen LogP contribution in [0.1, 0.15) is 32.6 Å². The molecule has 1 atom stereocenters. The lowest BCUT2D eigenvalue weighted by atomic mass is 10.0. The fourth-order valence-electron chi connectivity index (χ4n) is 1.39. The van der Waals surface area contributed by atoms with E-state index < -0.39 is 0 Å². The number of hydrogen-bond donors (Lipinski definition) is 0. The van der Waals surface area contributed by atoms with Crippen molar-refractivity contribution in [1.82, 2.24) is 0 Å². The predicted molar refractivity (Wildman–Crippen MR) is 42.6 cm³/mol. The van der Waals surface area contributed by atoms with Gasteiger partial charge in [-0.05, 0) is 31.1 Å². The van der Waals surface area contributed by atoms with Crippen LogP contribution in [0.25, 0.3) is 4.85 Å². The van der Waals surface area contributed by atoms with Crippen LogP contribution in [0, 0.1) is 18.4 Å². The summed E-state index contributed by atoms with van der Waals surface area (Å²) in [6.45, 7) is 9.65. The molecule has 0 aromatic rings. The van der Waals surface area contributed by atoms with Gasteiger partial charge < -0.3 is 4.85 Å². The fourth-order valence-corrected chi connectivity index (χ4v) is 1.39. The van der Waals surface area contributed by atoms with Gasteiger partial charge in [0.2, 0.25) is 6.54 Å². The van der Waals surface area contributed by atoms with Crippen molar-refractivity contribution in [3.05, 3.63) is 11.4 Å². The molecule has 0 bridgehead atoms. The zero-order valence-electron chi connectivity index (χ0n) is 6.64. The van der Waals surface area contributed by atoms with E-state index in [1.54, 1.807) is 0 Å². The molecule has 1 saturated carbocycles. The maximum atomic E-state index is 6.59. The van der Waals surface area contributed by atoms with E-state index in [4.69, 9.17) is 6.57 Å². The highest BCUT2D eigenvalue weighted by molar-refractivity contribution is 4.79. The van der Waals surface area contributed by atoms with Gasteiger partial charge >= 0.3 is 0 Å². The lowest BCUT2D eigenvalue weighted by Crippen LogP contribution is -1.96. The van der Waals surface area contributed by atoms with E-state index >= 15 is 0 Å². The van der Waals surface area contributed by atoms with Crippen molar-refractivity contribution in [2.45, 2.75) is 32.6 Å². The smallest absolute Gasteiger partial charge is 0.214 e. The highest BCUT2D eigenvalue weighted by Crippen LogP contribution is 2.38. The molecule has 1 nitrogen and oxygen atoms in total. The molecule has 1 rings (SSSR count). The minimum Gasteiger partial charge on any atom is -0.317 e. The van der Waals surface area contributed by atoms with Gasteiger partial charge in [-0.3, -0.25) is 0 Å². The Labute approximate surface area is 63.3 Å². The second-order valence-electron chi connectivity index (χ2n) is 3.34. The molecule has 1 unspecified atom stereocenters. The van der Waals surface area contributed by atoms with E-state index in [2.05, 4.69) is 11.8 Å². The Hall–Kier alpha value is -0.510. The third-order valence-electron chi connectivity index (χ3n) is 2.36. The van der Waals surface area contributed by atoms with E-state index in [0.717, 1.165) is 24.8 Å². The Morgan fingerprint density at radius 2 is 2.30 bits per heavy atom. The molecule has 0 N–H and O–H groups in total. The molecular weight excluding hydrogens is 122 g/mol. The van der Waals surface area contributed by atoms with E-state index in [0.29, 0.717) is 0 Å². The lowest BCUT2D eigenvalue weighted by molar-refractivity contribution is 0.462. The normalized spacial score (nSPS) is 20.0. The molecule has 1 aliphatic carbocycles. The molecule has 0 radical (unpaired) electrons. The summed E-state index contributed by atoms with van der Waals surface area (Å²) in [7, 11) is 0. The lowest BCUT2D eigenvalue weighted by Gasteiger charge is -2.05. The Balaban J connectivity index is 1.96. The molecule has 0 aromatic carbocycles. The summed E-state index contributed by atoms with van der Waals surface area (Å²) in [5, 5.41) is 0. The van der Waals surface area contributed by atoms with E-state index in [1.165, 1.54) is 19.3 Å². The van der Waals surface area contributed by atoms with Gasteiger partial charge in [-0.15, -0.1) is 0 Å². The molecule has 56 valence electrons. The highest BCUT2D eigenvalue weighted by Gasteiger charge is 2.27. The first-order chi connectivity index (χ1) is 4.84. The maximum absolute atomic E-state index is 6.59. The van der Waals surface area contributed by atoms with Crippen LogP contribution in [0.4, 0.5) is 0 Å². The summed E-state index contributed by atoms with van der Waals surface area (Å²) in [5.41, 5.74) is 0. The SMILES string of the molecule is [C-]#[N+]CCCC(C)C1CC1. The van der Waals surface area contributed by atoms with Crippen LogP contribution in [0.5, 0.6) is 0 Å². The largest absolute Gasteiger partial charge is 0.317 e. The molecule has 0 aromatic heterocycles. The van der Waals surface area contributed by atoms with Crippen LogP contribution in [0.3, 0.4) is 0 Å².